The Balaban J connectivity index is 1.51. The fraction of sp³-hybridized carbons (Fsp3) is 0.267. The number of hydrogen-bond donors (Lipinski definition) is 1. The number of hydrogen-bond acceptors (Lipinski definition) is 6. The van der Waals surface area contributed by atoms with Crippen LogP contribution < -0.4 is 20.5 Å². The monoisotopic (exact) mass is 506 g/mol. The van der Waals surface area contributed by atoms with Crippen molar-refractivity contribution in [3.63, 3.8) is 0 Å². The molecule has 2 unspecified atom stereocenters. The summed E-state index contributed by atoms with van der Waals surface area (Å²) in [6.07, 6.45) is 0. The number of carbonyl (C=O) groups excluding carboxylic acids is 2. The number of amides is 2. The highest BCUT2D eigenvalue weighted by molar-refractivity contribution is 6.23. The predicted octanol–water partition coefficient (Wildman–Crippen LogP) is 3.38. The van der Waals surface area contributed by atoms with Crippen LogP contribution in [0.3, 0.4) is 0 Å². The number of ether oxygens (including phenoxy) is 1. The molecular formula is C30H26N4O4. The van der Waals surface area contributed by atoms with Crippen molar-refractivity contribution in [1.82, 2.24) is 14.9 Å². The van der Waals surface area contributed by atoms with Crippen molar-refractivity contribution in [2.75, 3.05) is 12.0 Å². The van der Waals surface area contributed by atoms with Gasteiger partial charge in [-0.15, -0.1) is 0 Å². The number of carbonyl (C=O) groups is 2. The van der Waals surface area contributed by atoms with Crippen LogP contribution in [0.1, 0.15) is 25.2 Å². The topological polar surface area (TPSA) is 93.5 Å². The minimum Gasteiger partial charge on any atom is -0.497 e. The number of fused-ring (bicyclic) bond motifs is 8. The molecule has 7 rings (SSSR count). The Bertz CT molecular complexity index is 1710. The van der Waals surface area contributed by atoms with E-state index in [0.717, 1.165) is 5.56 Å². The average molecular weight is 507 g/mol. The first kappa shape index (κ1) is 22.9. The Morgan fingerprint density at radius 1 is 0.921 bits per heavy atom. The third-order valence-corrected chi connectivity index (χ3v) is 8.35. The van der Waals surface area contributed by atoms with Gasteiger partial charge in [-0.3, -0.25) is 24.3 Å². The minimum atomic E-state index is -1.13. The fourth-order valence-corrected chi connectivity index (χ4v) is 6.71. The summed E-state index contributed by atoms with van der Waals surface area (Å²) >= 11 is 0. The van der Waals surface area contributed by atoms with E-state index in [0.29, 0.717) is 33.9 Å². The maximum Gasteiger partial charge on any atom is 0.266 e. The lowest BCUT2D eigenvalue weighted by Gasteiger charge is -2.32. The maximum atomic E-state index is 14.4. The number of nitrogens with zero attached hydrogens (tertiary/aromatic N) is 3. The van der Waals surface area contributed by atoms with Gasteiger partial charge in [-0.2, -0.15) is 0 Å². The zero-order chi connectivity index (χ0) is 26.3. The molecule has 1 N–H and O–H groups in total. The zero-order valence-corrected chi connectivity index (χ0v) is 21.2. The van der Waals surface area contributed by atoms with Crippen LogP contribution in [-0.4, -0.2) is 34.5 Å². The lowest BCUT2D eigenvalue weighted by molar-refractivity contribution is -0.123. The van der Waals surface area contributed by atoms with E-state index in [-0.39, 0.29) is 29.3 Å². The average Bonchev–Trinajstić information content (AvgIpc) is 3.53. The van der Waals surface area contributed by atoms with E-state index >= 15 is 0 Å². The molecule has 38 heavy (non-hydrogen) atoms. The maximum absolute atomic E-state index is 14.4. The van der Waals surface area contributed by atoms with E-state index in [1.54, 1.807) is 42.0 Å². The molecule has 2 saturated heterocycles. The first-order valence-corrected chi connectivity index (χ1v) is 12.8. The highest BCUT2D eigenvalue weighted by Crippen LogP contribution is 2.56. The standard InChI is InChI=1S/C30H26N4O4/c1-16(2)25-23-24(28(37)33(27(23)36)17-12-14-18(38-3)15-13-17)30(32-25)20-9-5-7-11-22(20)34-26(35)19-8-4-6-10-21(19)31-29(30)34/h4-16,23-25,32H,1-3H3/t23-,24-,25?,30?/m1/s1. The van der Waals surface area contributed by atoms with E-state index in [2.05, 4.69) is 5.32 Å². The summed E-state index contributed by atoms with van der Waals surface area (Å²) in [5.41, 5.74) is 1.22. The number of nitrogens with one attached hydrogen (secondary N) is 1. The van der Waals surface area contributed by atoms with Crippen molar-refractivity contribution >= 4 is 28.4 Å². The number of imide groups is 1. The number of methoxy groups -OCH3 is 1. The zero-order valence-electron chi connectivity index (χ0n) is 21.2. The van der Waals surface area contributed by atoms with Crippen molar-refractivity contribution in [2.24, 2.45) is 17.8 Å². The van der Waals surface area contributed by atoms with E-state index in [1.165, 1.54) is 4.90 Å². The number of para-hydroxylation sites is 2. The van der Waals surface area contributed by atoms with Crippen LogP contribution in [0.15, 0.2) is 77.6 Å². The lowest BCUT2D eigenvalue weighted by atomic mass is 9.75. The third kappa shape index (κ3) is 2.73. The summed E-state index contributed by atoms with van der Waals surface area (Å²) in [6.45, 7) is 4.09. The SMILES string of the molecule is COc1ccc(N2C(=O)[C@H]3C(C(C)C)NC4(c5ccccc5-n5c4nc4ccccc4c5=O)[C@H]3C2=O)cc1. The van der Waals surface area contributed by atoms with Crippen LogP contribution in [0.2, 0.25) is 0 Å². The molecule has 3 aliphatic heterocycles. The van der Waals surface area contributed by atoms with Crippen LogP contribution in [0.5, 0.6) is 5.75 Å². The second-order valence-corrected chi connectivity index (χ2v) is 10.5. The van der Waals surface area contributed by atoms with Gasteiger partial charge in [0.15, 0.2) is 0 Å². The number of aromatic nitrogens is 2. The third-order valence-electron chi connectivity index (χ3n) is 8.35. The van der Waals surface area contributed by atoms with Gasteiger partial charge in [-0.25, -0.2) is 9.88 Å². The molecule has 8 heteroatoms. The molecule has 2 fully saturated rings. The van der Waals surface area contributed by atoms with E-state index < -0.39 is 17.4 Å². The number of rotatable bonds is 3. The Morgan fingerprint density at radius 2 is 1.63 bits per heavy atom. The van der Waals surface area contributed by atoms with Gasteiger partial charge in [0, 0.05) is 11.6 Å². The summed E-state index contributed by atoms with van der Waals surface area (Å²) in [4.78, 5) is 48.6. The summed E-state index contributed by atoms with van der Waals surface area (Å²) in [5.74, 6) is -0.791. The van der Waals surface area contributed by atoms with Crippen molar-refractivity contribution in [3.05, 3.63) is 94.5 Å². The van der Waals surface area contributed by atoms with Crippen LogP contribution in [-0.2, 0) is 15.1 Å². The number of benzene rings is 3. The van der Waals surface area contributed by atoms with Crippen LogP contribution in [0.4, 0.5) is 5.69 Å². The Morgan fingerprint density at radius 3 is 2.37 bits per heavy atom. The summed E-state index contributed by atoms with van der Waals surface area (Å²) in [6, 6.07) is 21.5. The predicted molar refractivity (Wildman–Crippen MR) is 142 cm³/mol. The summed E-state index contributed by atoms with van der Waals surface area (Å²) < 4.78 is 6.89. The molecular weight excluding hydrogens is 480 g/mol. The molecule has 0 radical (unpaired) electrons. The molecule has 0 aliphatic carbocycles. The Kier molecular flexibility index (Phi) is 4.72. The van der Waals surface area contributed by atoms with Crippen LogP contribution in [0, 0.1) is 17.8 Å². The normalized spacial score (nSPS) is 25.4. The van der Waals surface area contributed by atoms with Crippen molar-refractivity contribution < 1.29 is 14.3 Å². The first-order valence-electron chi connectivity index (χ1n) is 12.8. The van der Waals surface area contributed by atoms with E-state index in [9.17, 15) is 14.4 Å². The smallest absolute Gasteiger partial charge is 0.266 e. The van der Waals surface area contributed by atoms with Gasteiger partial charge in [-0.05, 0) is 48.4 Å². The fourth-order valence-electron chi connectivity index (χ4n) is 6.71. The van der Waals surface area contributed by atoms with Crippen molar-refractivity contribution in [2.45, 2.75) is 25.4 Å². The van der Waals surface area contributed by atoms with Crippen molar-refractivity contribution in [1.29, 1.82) is 0 Å². The molecule has 1 aromatic heterocycles. The molecule has 4 heterocycles. The highest BCUT2D eigenvalue weighted by atomic mass is 16.5. The molecule has 0 bridgehead atoms. The quantitative estimate of drug-likeness (QED) is 0.428. The molecule has 0 saturated carbocycles. The minimum absolute atomic E-state index is 0.0443. The van der Waals surface area contributed by atoms with Crippen LogP contribution in [0.25, 0.3) is 16.6 Å². The van der Waals surface area contributed by atoms with Gasteiger partial charge < -0.3 is 4.74 Å². The molecule has 2 amide bonds. The Hall–Kier alpha value is -4.30. The highest BCUT2D eigenvalue weighted by Gasteiger charge is 2.70. The molecule has 3 aliphatic rings. The largest absolute Gasteiger partial charge is 0.497 e. The van der Waals surface area contributed by atoms with E-state index in [1.807, 2.05) is 56.3 Å². The first-order chi connectivity index (χ1) is 18.4. The molecule has 190 valence electrons. The summed E-state index contributed by atoms with van der Waals surface area (Å²) in [5, 5.41) is 4.22. The second-order valence-electron chi connectivity index (χ2n) is 10.5. The van der Waals surface area contributed by atoms with Crippen molar-refractivity contribution in [3.8, 4) is 11.4 Å². The van der Waals surface area contributed by atoms with Gasteiger partial charge in [0.25, 0.3) is 5.56 Å². The van der Waals surface area contributed by atoms with Gasteiger partial charge in [-0.1, -0.05) is 44.2 Å². The summed E-state index contributed by atoms with van der Waals surface area (Å²) in [7, 11) is 1.57. The van der Waals surface area contributed by atoms with Gasteiger partial charge in [0.2, 0.25) is 11.8 Å². The molecule has 4 aromatic rings. The number of anilines is 1. The van der Waals surface area contributed by atoms with Gasteiger partial charge >= 0.3 is 0 Å². The molecule has 8 nitrogen and oxygen atoms in total. The molecule has 3 aromatic carbocycles. The molecule has 1 spiro atoms. The second kappa shape index (κ2) is 7.85. The molecule has 4 atom stereocenters. The van der Waals surface area contributed by atoms with E-state index in [4.69, 9.17) is 9.72 Å². The Labute approximate surface area is 218 Å². The lowest BCUT2D eigenvalue weighted by Crippen LogP contribution is -2.51. The van der Waals surface area contributed by atoms with Gasteiger partial charge in [0.05, 0.1) is 41.2 Å². The van der Waals surface area contributed by atoms with Gasteiger partial charge in [0.1, 0.15) is 17.1 Å². The van der Waals surface area contributed by atoms with Crippen LogP contribution >= 0.6 is 0 Å².